The number of hydrogen-bond donors (Lipinski definition) is 3. The van der Waals surface area contributed by atoms with Crippen LogP contribution in [-0.4, -0.2) is 29.2 Å². The van der Waals surface area contributed by atoms with Crippen LogP contribution in [0.2, 0.25) is 0 Å². The lowest BCUT2D eigenvalue weighted by Crippen LogP contribution is -2.57. The summed E-state index contributed by atoms with van der Waals surface area (Å²) in [6.07, 6.45) is 1.56. The number of rotatable bonds is 2. The van der Waals surface area contributed by atoms with Crippen molar-refractivity contribution in [1.82, 2.24) is 5.32 Å². The van der Waals surface area contributed by atoms with Crippen LogP contribution in [0.3, 0.4) is 0 Å². The van der Waals surface area contributed by atoms with E-state index in [1.165, 1.54) is 6.07 Å². The van der Waals surface area contributed by atoms with Crippen molar-refractivity contribution in [3.8, 4) is 5.75 Å². The molecule has 6 heteroatoms. The highest BCUT2D eigenvalue weighted by Crippen LogP contribution is 2.44. The lowest BCUT2D eigenvalue weighted by atomic mass is 9.72. The van der Waals surface area contributed by atoms with Crippen LogP contribution < -0.4 is 5.32 Å². The van der Waals surface area contributed by atoms with Crippen molar-refractivity contribution in [2.75, 3.05) is 0 Å². The van der Waals surface area contributed by atoms with Crippen molar-refractivity contribution in [1.29, 1.82) is 0 Å². The first-order chi connectivity index (χ1) is 9.82. The highest BCUT2D eigenvalue weighted by molar-refractivity contribution is 7.86. The number of aryl methyl sites for hydroxylation is 1. The van der Waals surface area contributed by atoms with Crippen LogP contribution in [0, 0.1) is 6.92 Å². The molecule has 0 radical (unpaired) electrons. The Hall–Kier alpha value is -1.11. The molecule has 1 fully saturated rings. The zero-order chi connectivity index (χ0) is 16.9. The van der Waals surface area contributed by atoms with Crippen LogP contribution in [0.4, 0.5) is 0 Å². The minimum atomic E-state index is -4.43. The Bertz CT molecular complexity index is 676. The van der Waals surface area contributed by atoms with Crippen LogP contribution in [-0.2, 0) is 10.1 Å². The molecule has 1 heterocycles. The molecule has 0 spiro atoms. The van der Waals surface area contributed by atoms with Crippen molar-refractivity contribution < 1.29 is 18.1 Å². The van der Waals surface area contributed by atoms with Gasteiger partial charge in [0.1, 0.15) is 10.6 Å². The highest BCUT2D eigenvalue weighted by Gasteiger charge is 2.40. The first kappa shape index (κ1) is 17.2. The molecule has 5 nitrogen and oxygen atoms in total. The van der Waals surface area contributed by atoms with Crippen molar-refractivity contribution in [2.24, 2.45) is 0 Å². The lowest BCUT2D eigenvalue weighted by molar-refractivity contribution is 0.160. The Labute approximate surface area is 132 Å². The van der Waals surface area contributed by atoms with Crippen molar-refractivity contribution in [3.05, 3.63) is 23.3 Å². The summed E-state index contributed by atoms with van der Waals surface area (Å²) < 4.78 is 32.2. The molecule has 0 aromatic heterocycles. The molecule has 124 valence electrons. The fourth-order valence-electron chi connectivity index (χ4n) is 3.94. The summed E-state index contributed by atoms with van der Waals surface area (Å²) in [5.74, 6) is -0.297. The normalized spacial score (nSPS) is 21.7. The predicted molar refractivity (Wildman–Crippen MR) is 85.9 cm³/mol. The third-order valence-corrected chi connectivity index (χ3v) is 5.16. The molecule has 0 aliphatic carbocycles. The predicted octanol–water partition coefficient (Wildman–Crippen LogP) is 2.97. The molecule has 22 heavy (non-hydrogen) atoms. The smallest absolute Gasteiger partial charge is 0.298 e. The van der Waals surface area contributed by atoms with Crippen molar-refractivity contribution >= 4 is 10.1 Å². The van der Waals surface area contributed by atoms with E-state index in [1.807, 2.05) is 6.92 Å². The molecule has 1 aromatic carbocycles. The Morgan fingerprint density at radius 2 is 1.64 bits per heavy atom. The van der Waals surface area contributed by atoms with Gasteiger partial charge in [-0.3, -0.25) is 4.55 Å². The van der Waals surface area contributed by atoms with E-state index in [0.717, 1.165) is 18.4 Å². The van der Waals surface area contributed by atoms with Gasteiger partial charge in [-0.2, -0.15) is 8.42 Å². The number of aromatic hydroxyl groups is 1. The summed E-state index contributed by atoms with van der Waals surface area (Å²) in [6.45, 7) is 10.2. The van der Waals surface area contributed by atoms with E-state index in [0.29, 0.717) is 5.56 Å². The maximum atomic E-state index is 11.4. The largest absolute Gasteiger partial charge is 0.506 e. The number of piperidine rings is 1. The monoisotopic (exact) mass is 327 g/mol. The summed E-state index contributed by atoms with van der Waals surface area (Å²) in [6, 6.07) is 2.89. The van der Waals surface area contributed by atoms with Gasteiger partial charge in [0.15, 0.2) is 0 Å². The summed E-state index contributed by atoms with van der Waals surface area (Å²) in [7, 11) is -4.43. The van der Waals surface area contributed by atoms with Crippen LogP contribution in [0.25, 0.3) is 0 Å². The molecular formula is C16H25NO4S. The molecule has 0 bridgehead atoms. The van der Waals surface area contributed by atoms with Gasteiger partial charge in [0.2, 0.25) is 0 Å². The van der Waals surface area contributed by atoms with E-state index < -0.39 is 15.0 Å². The van der Waals surface area contributed by atoms with Gasteiger partial charge in [-0.15, -0.1) is 0 Å². The highest BCUT2D eigenvalue weighted by atomic mass is 32.2. The van der Waals surface area contributed by atoms with Gasteiger partial charge in [-0.25, -0.2) is 0 Å². The summed E-state index contributed by atoms with van der Waals surface area (Å²) in [5, 5.41) is 14.0. The average molecular weight is 327 g/mol. The SMILES string of the molecule is Cc1ccc(S(=O)(=O)O)c(O)c1C1CC(C)(C)NC(C)(C)C1. The van der Waals surface area contributed by atoms with Gasteiger partial charge in [0, 0.05) is 16.6 Å². The number of phenolic OH excluding ortho intramolecular Hbond substituents is 1. The molecule has 1 saturated heterocycles. The molecule has 3 N–H and O–H groups in total. The number of phenols is 1. The van der Waals surface area contributed by atoms with Gasteiger partial charge in [0.25, 0.3) is 10.1 Å². The average Bonchev–Trinajstić information content (AvgIpc) is 2.22. The van der Waals surface area contributed by atoms with Gasteiger partial charge in [-0.1, -0.05) is 6.07 Å². The third kappa shape index (κ3) is 3.45. The second-order valence-corrected chi connectivity index (χ2v) is 9.01. The van der Waals surface area contributed by atoms with Gasteiger partial charge in [-0.05, 0) is 65.0 Å². The Balaban J connectivity index is 2.57. The van der Waals surface area contributed by atoms with Gasteiger partial charge >= 0.3 is 0 Å². The molecular weight excluding hydrogens is 302 g/mol. The van der Waals surface area contributed by atoms with Crippen molar-refractivity contribution in [2.45, 2.75) is 69.4 Å². The zero-order valence-corrected chi connectivity index (χ0v) is 14.6. The minimum absolute atomic E-state index is 0.0212. The van der Waals surface area contributed by atoms with E-state index >= 15 is 0 Å². The molecule has 0 atom stereocenters. The standard InChI is InChI=1S/C16H25NO4S/c1-10-6-7-12(22(19,20)21)14(18)13(10)11-8-15(2,3)17-16(4,5)9-11/h6-7,11,17-18H,8-9H2,1-5H3,(H,19,20,21). The van der Waals surface area contributed by atoms with E-state index in [2.05, 4.69) is 33.0 Å². The first-order valence-corrected chi connectivity index (χ1v) is 8.86. The quantitative estimate of drug-likeness (QED) is 0.727. The second kappa shape index (κ2) is 5.22. The maximum Gasteiger partial charge on any atom is 0.298 e. The van der Waals surface area contributed by atoms with E-state index in [9.17, 15) is 18.1 Å². The fourth-order valence-corrected chi connectivity index (χ4v) is 4.53. The second-order valence-electron chi connectivity index (χ2n) is 7.62. The minimum Gasteiger partial charge on any atom is -0.506 e. The molecule has 0 unspecified atom stereocenters. The van der Waals surface area contributed by atoms with E-state index in [4.69, 9.17) is 0 Å². The Morgan fingerprint density at radius 1 is 1.14 bits per heavy atom. The molecule has 1 aliphatic rings. The number of benzene rings is 1. The Morgan fingerprint density at radius 3 is 2.09 bits per heavy atom. The summed E-state index contributed by atoms with van der Waals surface area (Å²) in [5.41, 5.74) is 1.21. The van der Waals surface area contributed by atoms with E-state index in [1.54, 1.807) is 6.07 Å². The summed E-state index contributed by atoms with van der Waals surface area (Å²) >= 11 is 0. The zero-order valence-electron chi connectivity index (χ0n) is 13.8. The van der Waals surface area contributed by atoms with Crippen molar-refractivity contribution in [3.63, 3.8) is 0 Å². The molecule has 2 rings (SSSR count). The fraction of sp³-hybridized carbons (Fsp3) is 0.625. The molecule has 1 aliphatic heterocycles. The molecule has 1 aromatic rings. The maximum absolute atomic E-state index is 11.4. The molecule has 0 amide bonds. The topological polar surface area (TPSA) is 86.6 Å². The summed E-state index contributed by atoms with van der Waals surface area (Å²) in [4.78, 5) is -0.415. The van der Waals surface area contributed by atoms with Crippen LogP contribution >= 0.6 is 0 Å². The van der Waals surface area contributed by atoms with Gasteiger partial charge in [0.05, 0.1) is 0 Å². The van der Waals surface area contributed by atoms with Gasteiger partial charge < -0.3 is 10.4 Å². The third-order valence-electron chi connectivity index (χ3n) is 4.27. The number of hydrogen-bond acceptors (Lipinski definition) is 4. The molecule has 0 saturated carbocycles. The van der Waals surface area contributed by atoms with Crippen LogP contribution in [0.1, 0.15) is 57.6 Å². The van der Waals surface area contributed by atoms with Crippen LogP contribution in [0.15, 0.2) is 17.0 Å². The van der Waals surface area contributed by atoms with E-state index in [-0.39, 0.29) is 22.7 Å². The Kier molecular flexibility index (Phi) is 4.09. The number of nitrogens with one attached hydrogen (secondary N) is 1. The lowest BCUT2D eigenvalue weighted by Gasteiger charge is -2.47. The first-order valence-electron chi connectivity index (χ1n) is 7.42. The van der Waals surface area contributed by atoms with Crippen LogP contribution in [0.5, 0.6) is 5.75 Å².